The van der Waals surface area contributed by atoms with E-state index in [0.29, 0.717) is 38.2 Å². The second kappa shape index (κ2) is 6.87. The van der Waals surface area contributed by atoms with Crippen molar-refractivity contribution in [1.82, 2.24) is 14.8 Å². The summed E-state index contributed by atoms with van der Waals surface area (Å²) < 4.78 is 13.2. The summed E-state index contributed by atoms with van der Waals surface area (Å²) in [5.74, 6) is -0.783. The van der Waals surface area contributed by atoms with Crippen LogP contribution >= 0.6 is 11.3 Å². The Hall–Kier alpha value is -2.28. The molecule has 3 heterocycles. The summed E-state index contributed by atoms with van der Waals surface area (Å²) >= 11 is 1.49. The van der Waals surface area contributed by atoms with Crippen molar-refractivity contribution in [2.75, 3.05) is 26.2 Å². The average Bonchev–Trinajstić information content (AvgIpc) is 2.98. The number of amides is 2. The second-order valence-electron chi connectivity index (χ2n) is 5.34. The maximum absolute atomic E-state index is 13.2. The van der Waals surface area contributed by atoms with Crippen LogP contribution in [0.25, 0.3) is 0 Å². The molecule has 0 aromatic carbocycles. The summed E-state index contributed by atoms with van der Waals surface area (Å²) in [4.78, 5) is 31.9. The summed E-state index contributed by atoms with van der Waals surface area (Å²) in [6.07, 6.45) is 3.13. The fourth-order valence-corrected chi connectivity index (χ4v) is 3.23. The topological polar surface area (TPSA) is 53.5 Å². The molecule has 5 nitrogen and oxygen atoms in total. The third kappa shape index (κ3) is 3.56. The lowest BCUT2D eigenvalue weighted by molar-refractivity contribution is 0.0718. The Morgan fingerprint density at radius 1 is 1.04 bits per heavy atom. The van der Waals surface area contributed by atoms with E-state index in [-0.39, 0.29) is 17.4 Å². The molecule has 7 heteroatoms. The Morgan fingerprint density at radius 3 is 2.35 bits per heavy atom. The van der Waals surface area contributed by atoms with Gasteiger partial charge in [0.2, 0.25) is 0 Å². The molecule has 0 unspecified atom stereocenters. The van der Waals surface area contributed by atoms with Crippen molar-refractivity contribution in [3.05, 3.63) is 52.2 Å². The van der Waals surface area contributed by atoms with Crippen LogP contribution in [0.1, 0.15) is 27.1 Å². The number of hydrogen-bond acceptors (Lipinski definition) is 4. The van der Waals surface area contributed by atoms with E-state index < -0.39 is 5.82 Å². The van der Waals surface area contributed by atoms with Crippen molar-refractivity contribution in [3.63, 3.8) is 0 Å². The van der Waals surface area contributed by atoms with Crippen molar-refractivity contribution < 1.29 is 14.0 Å². The molecule has 0 aliphatic carbocycles. The van der Waals surface area contributed by atoms with E-state index in [2.05, 4.69) is 4.98 Å². The highest BCUT2D eigenvalue weighted by molar-refractivity contribution is 7.08. The number of rotatable bonds is 2. The van der Waals surface area contributed by atoms with Crippen LogP contribution in [-0.4, -0.2) is 52.8 Å². The van der Waals surface area contributed by atoms with Gasteiger partial charge in [-0.2, -0.15) is 11.3 Å². The number of aromatic nitrogens is 1. The highest BCUT2D eigenvalue weighted by Gasteiger charge is 2.24. The maximum atomic E-state index is 13.2. The normalized spacial score (nSPS) is 15.3. The standard InChI is InChI=1S/C16H16FN3O2S/c17-14-8-13(9-18-10-14)16(22)20-4-1-3-19(5-6-20)15(21)12-2-7-23-11-12/h2,7-11H,1,3-6H2. The van der Waals surface area contributed by atoms with Crippen LogP contribution in [0.15, 0.2) is 35.3 Å². The third-order valence-electron chi connectivity index (χ3n) is 3.79. The van der Waals surface area contributed by atoms with E-state index in [0.717, 1.165) is 6.20 Å². The molecule has 1 saturated heterocycles. The van der Waals surface area contributed by atoms with Gasteiger partial charge in [0.1, 0.15) is 5.82 Å². The molecule has 23 heavy (non-hydrogen) atoms. The molecule has 2 aromatic heterocycles. The van der Waals surface area contributed by atoms with Gasteiger partial charge in [-0.1, -0.05) is 0 Å². The summed E-state index contributed by atoms with van der Waals surface area (Å²) in [6, 6.07) is 2.99. The first-order valence-electron chi connectivity index (χ1n) is 7.36. The van der Waals surface area contributed by atoms with Crippen LogP contribution in [-0.2, 0) is 0 Å². The van der Waals surface area contributed by atoms with Crippen molar-refractivity contribution in [2.45, 2.75) is 6.42 Å². The molecule has 0 atom stereocenters. The summed E-state index contributed by atoms with van der Waals surface area (Å²) in [5, 5.41) is 3.70. The first-order chi connectivity index (χ1) is 11.1. The smallest absolute Gasteiger partial charge is 0.255 e. The molecule has 0 saturated carbocycles. The van der Waals surface area contributed by atoms with Crippen LogP contribution in [0, 0.1) is 5.82 Å². The zero-order valence-electron chi connectivity index (χ0n) is 12.4. The summed E-state index contributed by atoms with van der Waals surface area (Å²) in [7, 11) is 0. The van der Waals surface area contributed by atoms with Gasteiger partial charge in [0.15, 0.2) is 0 Å². The number of carbonyl (C=O) groups is 2. The van der Waals surface area contributed by atoms with Crippen molar-refractivity contribution in [2.24, 2.45) is 0 Å². The molecule has 0 bridgehead atoms. The van der Waals surface area contributed by atoms with Gasteiger partial charge < -0.3 is 9.80 Å². The SMILES string of the molecule is O=C(c1ccsc1)N1CCCN(C(=O)c2cncc(F)c2)CC1. The summed E-state index contributed by atoms with van der Waals surface area (Å²) in [5.41, 5.74) is 0.923. The van der Waals surface area contributed by atoms with Gasteiger partial charge in [-0.3, -0.25) is 14.6 Å². The van der Waals surface area contributed by atoms with Crippen molar-refractivity contribution >= 4 is 23.2 Å². The average molecular weight is 333 g/mol. The minimum absolute atomic E-state index is 0.00651. The number of halogens is 1. The largest absolute Gasteiger partial charge is 0.337 e. The Kier molecular flexibility index (Phi) is 4.66. The van der Waals surface area contributed by atoms with Crippen LogP contribution < -0.4 is 0 Å². The van der Waals surface area contributed by atoms with Crippen LogP contribution in [0.5, 0.6) is 0 Å². The van der Waals surface area contributed by atoms with E-state index in [9.17, 15) is 14.0 Å². The van der Waals surface area contributed by atoms with E-state index >= 15 is 0 Å². The Bertz CT molecular complexity index is 705. The number of nitrogens with zero attached hydrogens (tertiary/aromatic N) is 3. The maximum Gasteiger partial charge on any atom is 0.255 e. The molecule has 0 spiro atoms. The molecule has 2 amide bonds. The van der Waals surface area contributed by atoms with Crippen LogP contribution in [0.3, 0.4) is 0 Å². The molecule has 0 radical (unpaired) electrons. The minimum Gasteiger partial charge on any atom is -0.337 e. The van der Waals surface area contributed by atoms with Gasteiger partial charge in [-0.05, 0) is 23.9 Å². The lowest BCUT2D eigenvalue weighted by Gasteiger charge is -2.22. The zero-order chi connectivity index (χ0) is 16.2. The van der Waals surface area contributed by atoms with Gasteiger partial charge in [-0.25, -0.2) is 4.39 Å². The predicted molar refractivity (Wildman–Crippen MR) is 84.9 cm³/mol. The molecular weight excluding hydrogens is 317 g/mol. The molecule has 120 valence electrons. The van der Waals surface area contributed by atoms with E-state index in [1.807, 2.05) is 10.8 Å². The summed E-state index contributed by atoms with van der Waals surface area (Å²) in [6.45, 7) is 2.07. The molecule has 3 rings (SSSR count). The lowest BCUT2D eigenvalue weighted by Crippen LogP contribution is -2.37. The molecular formula is C16H16FN3O2S. The van der Waals surface area contributed by atoms with Crippen LogP contribution in [0.2, 0.25) is 0 Å². The van der Waals surface area contributed by atoms with Gasteiger partial charge in [-0.15, -0.1) is 0 Å². The number of thiophene rings is 1. The van der Waals surface area contributed by atoms with Gasteiger partial charge in [0.05, 0.1) is 17.3 Å². The minimum atomic E-state index is -0.528. The fourth-order valence-electron chi connectivity index (χ4n) is 2.60. The van der Waals surface area contributed by atoms with Gasteiger partial charge in [0, 0.05) is 37.8 Å². The Morgan fingerprint density at radius 2 is 1.74 bits per heavy atom. The van der Waals surface area contributed by atoms with Gasteiger partial charge in [0.25, 0.3) is 11.8 Å². The fraction of sp³-hybridized carbons (Fsp3) is 0.312. The quantitative estimate of drug-likeness (QED) is 0.847. The van der Waals surface area contributed by atoms with E-state index in [1.165, 1.54) is 23.6 Å². The predicted octanol–water partition coefficient (Wildman–Crippen LogP) is 2.27. The molecule has 1 aliphatic rings. The Balaban J connectivity index is 1.66. The highest BCUT2D eigenvalue weighted by atomic mass is 32.1. The van der Waals surface area contributed by atoms with Gasteiger partial charge >= 0.3 is 0 Å². The zero-order valence-corrected chi connectivity index (χ0v) is 13.3. The molecule has 2 aromatic rings. The highest BCUT2D eigenvalue weighted by Crippen LogP contribution is 2.14. The van der Waals surface area contributed by atoms with Crippen LogP contribution in [0.4, 0.5) is 4.39 Å². The molecule has 0 N–H and O–H groups in total. The van der Waals surface area contributed by atoms with E-state index in [4.69, 9.17) is 0 Å². The lowest BCUT2D eigenvalue weighted by atomic mass is 10.2. The first kappa shape index (κ1) is 15.6. The van der Waals surface area contributed by atoms with E-state index in [1.54, 1.807) is 15.9 Å². The number of carbonyl (C=O) groups excluding carboxylic acids is 2. The number of pyridine rings is 1. The first-order valence-corrected chi connectivity index (χ1v) is 8.31. The number of hydrogen-bond donors (Lipinski definition) is 0. The molecule has 1 aliphatic heterocycles. The molecule has 1 fully saturated rings. The monoisotopic (exact) mass is 333 g/mol. The Labute approximate surface area is 137 Å². The second-order valence-corrected chi connectivity index (χ2v) is 6.12. The van der Waals surface area contributed by atoms with Crippen molar-refractivity contribution in [3.8, 4) is 0 Å². The third-order valence-corrected chi connectivity index (χ3v) is 4.47. The van der Waals surface area contributed by atoms with Crippen molar-refractivity contribution in [1.29, 1.82) is 0 Å².